The Morgan fingerprint density at radius 2 is 1.71 bits per heavy atom. The van der Waals surface area contributed by atoms with Gasteiger partial charge in [-0.1, -0.05) is 18.2 Å². The van der Waals surface area contributed by atoms with E-state index in [0.29, 0.717) is 5.56 Å². The summed E-state index contributed by atoms with van der Waals surface area (Å²) in [5.41, 5.74) is 5.98. The van der Waals surface area contributed by atoms with Crippen molar-refractivity contribution in [3.05, 3.63) is 57.8 Å². The van der Waals surface area contributed by atoms with Gasteiger partial charge in [-0.05, 0) is 29.1 Å². The number of benzene rings is 1. The predicted octanol–water partition coefficient (Wildman–Crippen LogP) is 3.82. The number of nitrogens with two attached hydrogens (primary N) is 1. The Bertz CT molecular complexity index is 473. The van der Waals surface area contributed by atoms with Gasteiger partial charge in [0.25, 0.3) is 0 Å². The van der Waals surface area contributed by atoms with Crippen LogP contribution in [0.1, 0.15) is 22.0 Å². The van der Waals surface area contributed by atoms with Crippen LogP contribution in [0.5, 0.6) is 0 Å². The Kier molecular flexibility index (Phi) is 3.22. The lowest BCUT2D eigenvalue weighted by atomic mass is 10.0. The molecule has 0 amide bonds. The van der Waals surface area contributed by atoms with E-state index < -0.39 is 11.7 Å². The van der Waals surface area contributed by atoms with Gasteiger partial charge in [0.2, 0.25) is 0 Å². The highest BCUT2D eigenvalue weighted by atomic mass is 32.1. The lowest BCUT2D eigenvalue weighted by Gasteiger charge is -2.12. The van der Waals surface area contributed by atoms with E-state index in [2.05, 4.69) is 0 Å². The van der Waals surface area contributed by atoms with E-state index in [-0.39, 0.29) is 6.04 Å². The minimum atomic E-state index is -4.30. The normalized spacial score (nSPS) is 13.6. The Balaban J connectivity index is 2.24. The van der Waals surface area contributed by atoms with Crippen LogP contribution >= 0.6 is 11.3 Å². The van der Waals surface area contributed by atoms with Crippen LogP contribution < -0.4 is 5.73 Å². The smallest absolute Gasteiger partial charge is 0.320 e. The minimum absolute atomic E-state index is 0.364. The number of hydrogen-bond donors (Lipinski definition) is 1. The standard InChI is InChI=1S/C12H10F3NS/c13-12(14,15)9-5-3-8(4-6-9)11(16)10-2-1-7-17-10/h1-7,11H,16H2/t11-/m0/s1. The fraction of sp³-hybridized carbons (Fsp3) is 0.167. The molecule has 5 heteroatoms. The average molecular weight is 257 g/mol. The second kappa shape index (κ2) is 4.50. The van der Waals surface area contributed by atoms with Crippen molar-refractivity contribution in [2.75, 3.05) is 0 Å². The zero-order valence-corrected chi connectivity index (χ0v) is 9.55. The highest BCUT2D eigenvalue weighted by Crippen LogP contribution is 2.31. The highest BCUT2D eigenvalue weighted by molar-refractivity contribution is 7.10. The second-order valence-electron chi connectivity index (χ2n) is 3.61. The first-order valence-corrected chi connectivity index (χ1v) is 5.82. The van der Waals surface area contributed by atoms with E-state index in [1.54, 1.807) is 0 Å². The molecule has 1 nitrogen and oxygen atoms in total. The molecule has 0 aliphatic carbocycles. The van der Waals surface area contributed by atoms with Crippen molar-refractivity contribution < 1.29 is 13.2 Å². The van der Waals surface area contributed by atoms with E-state index >= 15 is 0 Å². The van der Waals surface area contributed by atoms with E-state index in [9.17, 15) is 13.2 Å². The molecule has 0 aliphatic rings. The summed E-state index contributed by atoms with van der Waals surface area (Å²) in [7, 11) is 0. The van der Waals surface area contributed by atoms with Crippen LogP contribution in [0.25, 0.3) is 0 Å². The molecule has 0 spiro atoms. The Morgan fingerprint density at radius 1 is 1.06 bits per heavy atom. The molecule has 17 heavy (non-hydrogen) atoms. The van der Waals surface area contributed by atoms with Gasteiger partial charge in [-0.15, -0.1) is 11.3 Å². The molecule has 1 atom stereocenters. The highest BCUT2D eigenvalue weighted by Gasteiger charge is 2.30. The molecule has 2 N–H and O–H groups in total. The summed E-state index contributed by atoms with van der Waals surface area (Å²) in [6, 6.07) is 8.33. The van der Waals surface area contributed by atoms with Crippen molar-refractivity contribution in [2.45, 2.75) is 12.2 Å². The number of hydrogen-bond acceptors (Lipinski definition) is 2. The lowest BCUT2D eigenvalue weighted by molar-refractivity contribution is -0.137. The number of halogens is 3. The third-order valence-electron chi connectivity index (χ3n) is 2.45. The summed E-state index contributed by atoms with van der Waals surface area (Å²) in [4.78, 5) is 0.935. The molecule has 1 aromatic carbocycles. The zero-order chi connectivity index (χ0) is 12.5. The van der Waals surface area contributed by atoms with Gasteiger partial charge in [0.1, 0.15) is 0 Å². The van der Waals surface area contributed by atoms with Crippen molar-refractivity contribution in [1.82, 2.24) is 0 Å². The molecular formula is C12H10F3NS. The van der Waals surface area contributed by atoms with Crippen LogP contribution in [-0.4, -0.2) is 0 Å². The molecule has 0 unspecified atom stereocenters. The SMILES string of the molecule is N[C@@H](c1ccc(C(F)(F)F)cc1)c1cccs1. The van der Waals surface area contributed by atoms with E-state index in [1.807, 2.05) is 17.5 Å². The van der Waals surface area contributed by atoms with Crippen molar-refractivity contribution in [1.29, 1.82) is 0 Å². The third-order valence-corrected chi connectivity index (χ3v) is 3.40. The first kappa shape index (κ1) is 12.1. The monoisotopic (exact) mass is 257 g/mol. The maximum atomic E-state index is 12.4. The third kappa shape index (κ3) is 2.68. The summed E-state index contributed by atoms with van der Waals surface area (Å²) in [6.45, 7) is 0. The topological polar surface area (TPSA) is 26.0 Å². The van der Waals surface area contributed by atoms with Crippen LogP contribution in [0.15, 0.2) is 41.8 Å². The Labute approximate surface area is 101 Å². The molecule has 0 bridgehead atoms. The van der Waals surface area contributed by atoms with Crippen molar-refractivity contribution in [2.24, 2.45) is 5.73 Å². The second-order valence-corrected chi connectivity index (χ2v) is 4.59. The summed E-state index contributed by atoms with van der Waals surface area (Å²) >= 11 is 1.49. The van der Waals surface area contributed by atoms with Gasteiger partial charge >= 0.3 is 6.18 Å². The number of rotatable bonds is 2. The summed E-state index contributed by atoms with van der Waals surface area (Å²) < 4.78 is 37.1. The van der Waals surface area contributed by atoms with E-state index in [4.69, 9.17) is 5.73 Å². The summed E-state index contributed by atoms with van der Waals surface area (Å²) in [6.07, 6.45) is -4.30. The molecule has 2 rings (SSSR count). The summed E-state index contributed by atoms with van der Waals surface area (Å²) in [5, 5.41) is 1.89. The van der Waals surface area contributed by atoms with Gasteiger partial charge in [0, 0.05) is 4.88 Å². The van der Waals surface area contributed by atoms with E-state index in [1.165, 1.54) is 23.5 Å². The first-order chi connectivity index (χ1) is 7.98. The van der Waals surface area contributed by atoms with Crippen molar-refractivity contribution in [3.8, 4) is 0 Å². The predicted molar refractivity (Wildman–Crippen MR) is 61.8 cm³/mol. The molecular weight excluding hydrogens is 247 g/mol. The van der Waals surface area contributed by atoms with Gasteiger partial charge in [-0.2, -0.15) is 13.2 Å². The van der Waals surface area contributed by atoms with Crippen LogP contribution in [-0.2, 0) is 6.18 Å². The minimum Gasteiger partial charge on any atom is -0.320 e. The number of alkyl halides is 3. The van der Waals surface area contributed by atoms with Crippen molar-refractivity contribution >= 4 is 11.3 Å². The fourth-order valence-corrected chi connectivity index (χ4v) is 2.27. The molecule has 1 heterocycles. The molecule has 0 saturated carbocycles. The van der Waals surface area contributed by atoms with Crippen LogP contribution in [0.3, 0.4) is 0 Å². The van der Waals surface area contributed by atoms with Gasteiger partial charge < -0.3 is 5.73 Å². The zero-order valence-electron chi connectivity index (χ0n) is 8.74. The molecule has 0 fully saturated rings. The van der Waals surface area contributed by atoms with Gasteiger partial charge in [0.05, 0.1) is 11.6 Å². The quantitative estimate of drug-likeness (QED) is 0.869. The molecule has 0 aliphatic heterocycles. The molecule has 0 radical (unpaired) electrons. The maximum absolute atomic E-state index is 12.4. The Hall–Kier alpha value is -1.33. The van der Waals surface area contributed by atoms with Crippen molar-refractivity contribution in [3.63, 3.8) is 0 Å². The van der Waals surface area contributed by atoms with Gasteiger partial charge in [0.15, 0.2) is 0 Å². The van der Waals surface area contributed by atoms with Crippen LogP contribution in [0, 0.1) is 0 Å². The first-order valence-electron chi connectivity index (χ1n) is 4.94. The number of thiophene rings is 1. The fourth-order valence-electron chi connectivity index (χ4n) is 1.51. The van der Waals surface area contributed by atoms with E-state index in [0.717, 1.165) is 17.0 Å². The maximum Gasteiger partial charge on any atom is 0.416 e. The molecule has 0 saturated heterocycles. The molecule has 90 valence electrons. The van der Waals surface area contributed by atoms with Gasteiger partial charge in [-0.3, -0.25) is 0 Å². The van der Waals surface area contributed by atoms with Crippen LogP contribution in [0.4, 0.5) is 13.2 Å². The summed E-state index contributed by atoms with van der Waals surface area (Å²) in [5.74, 6) is 0. The average Bonchev–Trinajstić information content (AvgIpc) is 2.80. The van der Waals surface area contributed by atoms with Crippen LogP contribution in [0.2, 0.25) is 0 Å². The molecule has 1 aromatic heterocycles. The van der Waals surface area contributed by atoms with Gasteiger partial charge in [-0.25, -0.2) is 0 Å². The lowest BCUT2D eigenvalue weighted by Crippen LogP contribution is -2.11. The largest absolute Gasteiger partial charge is 0.416 e. The Morgan fingerprint density at radius 3 is 2.18 bits per heavy atom. The molecule has 2 aromatic rings.